The van der Waals surface area contributed by atoms with Crippen LogP contribution in [0.4, 0.5) is 0 Å². The van der Waals surface area contributed by atoms with Gasteiger partial charge < -0.3 is 30.1 Å². The number of ether oxygens (including phenoxy) is 2. The topological polar surface area (TPSA) is 142 Å². The van der Waals surface area contributed by atoms with E-state index in [1.807, 2.05) is 0 Å². The van der Waals surface area contributed by atoms with Crippen LogP contribution < -0.4 is 10.1 Å². The van der Waals surface area contributed by atoms with Crippen molar-refractivity contribution in [2.45, 2.75) is 18.6 Å². The highest BCUT2D eigenvalue weighted by Gasteiger charge is 2.53. The summed E-state index contributed by atoms with van der Waals surface area (Å²) in [5, 5.41) is 31.3. The molecule has 1 spiro atoms. The van der Waals surface area contributed by atoms with Crippen LogP contribution >= 0.6 is 0 Å². The summed E-state index contributed by atoms with van der Waals surface area (Å²) < 4.78 is 11.8. The SMILES string of the molecule is C[C@H](NC(=O)c1ccc2c(c1)C(=O)OC21c2ccc(O)cc2Oc2cc(O)ccc21)C(=O)O. The Labute approximate surface area is 186 Å². The van der Waals surface area contributed by atoms with Crippen molar-refractivity contribution in [2.75, 3.05) is 0 Å². The molecule has 3 aromatic carbocycles. The van der Waals surface area contributed by atoms with Crippen molar-refractivity contribution in [3.63, 3.8) is 0 Å². The molecule has 1 atom stereocenters. The summed E-state index contributed by atoms with van der Waals surface area (Å²) >= 11 is 0. The van der Waals surface area contributed by atoms with E-state index in [1.54, 1.807) is 18.2 Å². The summed E-state index contributed by atoms with van der Waals surface area (Å²) in [5.41, 5.74) is 0.160. The van der Waals surface area contributed by atoms with Gasteiger partial charge in [0.2, 0.25) is 0 Å². The molecule has 0 saturated heterocycles. The highest BCUT2D eigenvalue weighted by Crippen LogP contribution is 2.57. The maximum atomic E-state index is 13.0. The van der Waals surface area contributed by atoms with Crippen molar-refractivity contribution in [1.29, 1.82) is 0 Å². The van der Waals surface area contributed by atoms with Gasteiger partial charge in [0.1, 0.15) is 29.0 Å². The normalized spacial score (nSPS) is 15.5. The Balaban J connectivity index is 1.69. The summed E-state index contributed by atoms with van der Waals surface area (Å²) in [6.07, 6.45) is 0. The lowest BCUT2D eigenvalue weighted by Gasteiger charge is -2.36. The molecular weight excluding hydrogens is 430 g/mol. The number of phenolic OH excluding ortho intramolecular Hbond substituents is 2. The van der Waals surface area contributed by atoms with Crippen LogP contribution in [0.15, 0.2) is 54.6 Å². The Morgan fingerprint density at radius 3 is 2.06 bits per heavy atom. The van der Waals surface area contributed by atoms with Gasteiger partial charge in [-0.2, -0.15) is 0 Å². The number of nitrogens with one attached hydrogen (secondary N) is 1. The molecule has 0 saturated carbocycles. The molecule has 0 unspecified atom stereocenters. The molecule has 4 N–H and O–H groups in total. The minimum atomic E-state index is -1.43. The zero-order chi connectivity index (χ0) is 23.5. The second kappa shape index (κ2) is 6.99. The first kappa shape index (κ1) is 20.4. The number of aliphatic carboxylic acids is 1. The predicted octanol–water partition coefficient (Wildman–Crippen LogP) is 2.87. The predicted molar refractivity (Wildman–Crippen MR) is 113 cm³/mol. The molecule has 9 nitrogen and oxygen atoms in total. The number of hydrogen-bond donors (Lipinski definition) is 4. The van der Waals surface area contributed by atoms with Crippen molar-refractivity contribution >= 4 is 17.8 Å². The van der Waals surface area contributed by atoms with Crippen molar-refractivity contribution < 1.29 is 39.2 Å². The molecule has 5 rings (SSSR count). The third kappa shape index (κ3) is 2.97. The van der Waals surface area contributed by atoms with Gasteiger partial charge in [-0.15, -0.1) is 0 Å². The van der Waals surface area contributed by atoms with Gasteiger partial charge in [-0.3, -0.25) is 9.59 Å². The van der Waals surface area contributed by atoms with Gasteiger partial charge in [-0.05, 0) is 43.3 Å². The second-order valence-corrected chi connectivity index (χ2v) is 7.83. The Hall–Kier alpha value is -4.53. The summed E-state index contributed by atoms with van der Waals surface area (Å²) in [6.45, 7) is 1.33. The third-order valence-corrected chi connectivity index (χ3v) is 5.75. The van der Waals surface area contributed by atoms with E-state index in [9.17, 15) is 24.6 Å². The molecule has 2 heterocycles. The number of hydrogen-bond acceptors (Lipinski definition) is 7. The third-order valence-electron chi connectivity index (χ3n) is 5.75. The summed E-state index contributed by atoms with van der Waals surface area (Å²) in [5.74, 6) is -2.16. The Morgan fingerprint density at radius 2 is 1.48 bits per heavy atom. The molecule has 166 valence electrons. The minimum Gasteiger partial charge on any atom is -0.508 e. The number of carboxylic acid groups (broad SMARTS) is 1. The molecule has 2 aliphatic rings. The van der Waals surface area contributed by atoms with Crippen molar-refractivity contribution in [1.82, 2.24) is 5.32 Å². The molecule has 0 aromatic heterocycles. The fraction of sp³-hybridized carbons (Fsp3) is 0.125. The zero-order valence-electron chi connectivity index (χ0n) is 17.2. The molecule has 0 aliphatic carbocycles. The first-order chi connectivity index (χ1) is 15.7. The van der Waals surface area contributed by atoms with Crippen molar-refractivity contribution in [2.24, 2.45) is 0 Å². The lowest BCUT2D eigenvalue weighted by atomic mass is 9.77. The molecule has 2 aliphatic heterocycles. The van der Waals surface area contributed by atoms with E-state index in [0.29, 0.717) is 16.7 Å². The maximum absolute atomic E-state index is 13.0. The first-order valence-corrected chi connectivity index (χ1v) is 9.97. The molecule has 9 heteroatoms. The van der Waals surface area contributed by atoms with Crippen LogP contribution in [-0.2, 0) is 15.1 Å². The van der Waals surface area contributed by atoms with Crippen LogP contribution in [-0.4, -0.2) is 39.2 Å². The number of esters is 1. The van der Waals surface area contributed by atoms with Crippen LogP contribution in [0, 0.1) is 0 Å². The van der Waals surface area contributed by atoms with Crippen molar-refractivity contribution in [3.8, 4) is 23.0 Å². The van der Waals surface area contributed by atoms with E-state index in [4.69, 9.17) is 14.6 Å². The lowest BCUT2D eigenvalue weighted by Crippen LogP contribution is -2.38. The Kier molecular flexibility index (Phi) is 4.32. The van der Waals surface area contributed by atoms with Gasteiger partial charge in [-0.25, -0.2) is 4.79 Å². The molecule has 0 radical (unpaired) electrons. The molecule has 0 bridgehead atoms. The number of amides is 1. The molecule has 33 heavy (non-hydrogen) atoms. The molecule has 3 aromatic rings. The second-order valence-electron chi connectivity index (χ2n) is 7.83. The zero-order valence-corrected chi connectivity index (χ0v) is 17.2. The molecule has 0 fully saturated rings. The number of aromatic hydroxyl groups is 2. The maximum Gasteiger partial charge on any atom is 0.340 e. The standard InChI is InChI=1S/C24H17NO8/c1-11(22(29)30)25-21(28)12-2-5-16-15(8-12)23(31)33-24(16)17-6-3-13(26)9-19(17)32-20-10-14(27)4-7-18(20)24/h2-11,26-27H,1H3,(H,25,28)(H,29,30)/t11-/m0/s1. The van der Waals surface area contributed by atoms with E-state index >= 15 is 0 Å². The number of fused-ring (bicyclic) bond motifs is 6. The molecule has 1 amide bonds. The van der Waals surface area contributed by atoms with Crippen LogP contribution in [0.5, 0.6) is 23.0 Å². The van der Waals surface area contributed by atoms with E-state index in [2.05, 4.69) is 5.32 Å². The fourth-order valence-corrected chi connectivity index (χ4v) is 4.19. The fourth-order valence-electron chi connectivity index (χ4n) is 4.19. The number of carbonyl (C=O) groups excluding carboxylic acids is 2. The van der Waals surface area contributed by atoms with Crippen LogP contribution in [0.25, 0.3) is 0 Å². The van der Waals surface area contributed by atoms with E-state index in [1.165, 1.54) is 43.3 Å². The van der Waals surface area contributed by atoms with Crippen LogP contribution in [0.3, 0.4) is 0 Å². The van der Waals surface area contributed by atoms with Crippen LogP contribution in [0.2, 0.25) is 0 Å². The highest BCUT2D eigenvalue weighted by molar-refractivity contribution is 6.02. The Morgan fingerprint density at radius 1 is 0.909 bits per heavy atom. The Bertz CT molecular complexity index is 1310. The average Bonchev–Trinajstić information content (AvgIpc) is 3.05. The lowest BCUT2D eigenvalue weighted by molar-refractivity contribution is -0.138. The monoisotopic (exact) mass is 447 g/mol. The quantitative estimate of drug-likeness (QED) is 0.449. The number of benzene rings is 3. The number of phenols is 2. The smallest absolute Gasteiger partial charge is 0.340 e. The highest BCUT2D eigenvalue weighted by atomic mass is 16.6. The number of carboxylic acids is 1. The van der Waals surface area contributed by atoms with Crippen LogP contribution in [0.1, 0.15) is 44.3 Å². The van der Waals surface area contributed by atoms with E-state index in [-0.39, 0.29) is 34.1 Å². The largest absolute Gasteiger partial charge is 0.508 e. The average molecular weight is 447 g/mol. The van der Waals surface area contributed by atoms with Gasteiger partial charge in [0.25, 0.3) is 5.91 Å². The van der Waals surface area contributed by atoms with E-state index in [0.717, 1.165) is 0 Å². The summed E-state index contributed by atoms with van der Waals surface area (Å²) in [7, 11) is 0. The van der Waals surface area contributed by atoms with Crippen molar-refractivity contribution in [3.05, 3.63) is 82.4 Å². The van der Waals surface area contributed by atoms with Gasteiger partial charge in [-0.1, -0.05) is 6.07 Å². The van der Waals surface area contributed by atoms with Gasteiger partial charge in [0, 0.05) is 34.4 Å². The first-order valence-electron chi connectivity index (χ1n) is 9.97. The molecular formula is C24H17NO8. The van der Waals surface area contributed by atoms with Gasteiger partial charge in [0.05, 0.1) is 5.56 Å². The van der Waals surface area contributed by atoms with E-state index < -0.39 is 29.5 Å². The van der Waals surface area contributed by atoms with Gasteiger partial charge in [0.15, 0.2) is 5.60 Å². The summed E-state index contributed by atoms with van der Waals surface area (Å²) in [6, 6.07) is 12.1. The minimum absolute atomic E-state index is 0.0587. The number of carbonyl (C=O) groups is 3. The van der Waals surface area contributed by atoms with Gasteiger partial charge >= 0.3 is 11.9 Å². The number of rotatable bonds is 3. The summed E-state index contributed by atoms with van der Waals surface area (Å²) in [4.78, 5) is 36.6.